The number of amides is 2. The molecule has 16 nitrogen and oxygen atoms in total. The Kier molecular flexibility index (Phi) is 9.38. The zero-order chi connectivity index (χ0) is 31.4. The molecule has 0 saturated carbocycles. The van der Waals surface area contributed by atoms with Crippen LogP contribution in [-0.2, 0) is 30.6 Å². The summed E-state index contributed by atoms with van der Waals surface area (Å²) in [5, 5.41) is 33.5. The van der Waals surface area contributed by atoms with E-state index >= 15 is 0 Å². The van der Waals surface area contributed by atoms with Crippen LogP contribution in [0.2, 0.25) is 0 Å². The number of carbonyl (C=O) groups excluding carboxylic acids is 2. The summed E-state index contributed by atoms with van der Waals surface area (Å²) in [4.78, 5) is 68.4. The molecule has 2 aliphatic heterocycles. The molecule has 3 N–H and O–H groups in total. The summed E-state index contributed by atoms with van der Waals surface area (Å²) >= 11 is 2.47. The first kappa shape index (κ1) is 30.9. The molecule has 0 aliphatic carbocycles. The fraction of sp³-hybridized carbons (Fsp3) is 0.385. The van der Waals surface area contributed by atoms with Crippen LogP contribution in [0.5, 0.6) is 0 Å². The Morgan fingerprint density at radius 1 is 1.23 bits per heavy atom. The molecule has 0 spiro atoms. The van der Waals surface area contributed by atoms with E-state index in [0.29, 0.717) is 17.2 Å². The first-order valence-corrected chi connectivity index (χ1v) is 15.5. The number of aliphatic carboxylic acids is 2. The minimum absolute atomic E-state index is 0.109. The van der Waals surface area contributed by atoms with Crippen molar-refractivity contribution in [3.05, 3.63) is 58.0 Å². The molecule has 2 aliphatic rings. The van der Waals surface area contributed by atoms with E-state index in [2.05, 4.69) is 20.7 Å². The van der Waals surface area contributed by atoms with Crippen LogP contribution in [0.25, 0.3) is 5.65 Å². The Bertz CT molecular complexity index is 1710. The highest BCUT2D eigenvalue weighted by atomic mass is 32.2. The highest BCUT2D eigenvalue weighted by Crippen LogP contribution is 2.41. The van der Waals surface area contributed by atoms with E-state index < -0.39 is 40.9 Å². The summed E-state index contributed by atoms with van der Waals surface area (Å²) < 4.78 is 7.37. The minimum Gasteiger partial charge on any atom is -0.481 e. The van der Waals surface area contributed by atoms with Gasteiger partial charge < -0.3 is 24.8 Å². The number of rotatable bonds is 14. The molecule has 0 aromatic carbocycles. The van der Waals surface area contributed by atoms with E-state index in [9.17, 15) is 29.1 Å². The number of hydrogen-bond acceptors (Lipinski definition) is 12. The van der Waals surface area contributed by atoms with E-state index in [1.165, 1.54) is 35.9 Å². The highest BCUT2D eigenvalue weighted by Gasteiger charge is 2.54. The lowest BCUT2D eigenvalue weighted by Gasteiger charge is -2.49. The zero-order valence-electron chi connectivity index (χ0n) is 23.2. The lowest BCUT2D eigenvalue weighted by Crippen LogP contribution is -2.71. The van der Waals surface area contributed by atoms with E-state index in [4.69, 9.17) is 14.4 Å². The largest absolute Gasteiger partial charge is 0.481 e. The number of furan rings is 1. The fourth-order valence-corrected chi connectivity index (χ4v) is 6.75. The van der Waals surface area contributed by atoms with Crippen molar-refractivity contribution in [2.45, 2.75) is 49.2 Å². The summed E-state index contributed by atoms with van der Waals surface area (Å²) in [6.45, 7) is 2.17. The molecular formula is C26H27N7O9S2. The van der Waals surface area contributed by atoms with E-state index in [1.54, 1.807) is 18.2 Å². The van der Waals surface area contributed by atoms with Gasteiger partial charge in [0.25, 0.3) is 11.8 Å². The van der Waals surface area contributed by atoms with Crippen molar-refractivity contribution in [3.8, 4) is 0 Å². The zero-order valence-corrected chi connectivity index (χ0v) is 24.9. The molecule has 2 amide bonds. The predicted molar refractivity (Wildman–Crippen MR) is 156 cm³/mol. The second-order valence-electron chi connectivity index (χ2n) is 9.60. The Balaban J connectivity index is 1.28. The van der Waals surface area contributed by atoms with Gasteiger partial charge in [-0.15, -0.1) is 28.6 Å². The number of hydrogen-bond donors (Lipinski definition) is 3. The molecule has 1 saturated heterocycles. The normalized spacial score (nSPS) is 18.2. The van der Waals surface area contributed by atoms with Gasteiger partial charge in [0.15, 0.2) is 11.4 Å². The first-order chi connectivity index (χ1) is 21.2. The number of aromatic nitrogens is 4. The maximum atomic E-state index is 13.2. The number of oxime groups is 1. The summed E-state index contributed by atoms with van der Waals surface area (Å²) in [5.74, 6) is -3.04. The maximum absolute atomic E-state index is 13.2. The van der Waals surface area contributed by atoms with Crippen molar-refractivity contribution in [1.29, 1.82) is 0 Å². The number of carboxylic acid groups (broad SMARTS) is 2. The third-order valence-corrected chi connectivity index (χ3v) is 8.94. The Labute approximate surface area is 257 Å². The summed E-state index contributed by atoms with van der Waals surface area (Å²) in [5.41, 5.74) is -0.203. The van der Waals surface area contributed by atoms with Gasteiger partial charge in [-0.05, 0) is 36.3 Å². The molecule has 0 radical (unpaired) electrons. The number of nitrogens with zero attached hydrogens (tertiary/aromatic N) is 6. The number of carboxylic acids is 2. The van der Waals surface area contributed by atoms with Crippen LogP contribution >= 0.6 is 23.5 Å². The summed E-state index contributed by atoms with van der Waals surface area (Å²) in [6.07, 6.45) is 2.71. The molecule has 0 bridgehead atoms. The van der Waals surface area contributed by atoms with Gasteiger partial charge in [-0.1, -0.05) is 18.5 Å². The van der Waals surface area contributed by atoms with Gasteiger partial charge in [0, 0.05) is 11.5 Å². The standard InChI is InChI=1S/C26H27N7O9S2/c1-2-3-11-42-30-19(15-5-4-10-41-15)22(36)27-20-23(37)32-21(25(38)39)14(13-44-24(20)32)12-43-17-7-6-16-28-31(9-8-18(34)35)26(40)33(16)29-17/h4-7,10,20,24H,2-3,8-9,11-13H2,1H3,(H,27,36)(H,34,35)(H,38,39)/t20?,24-/m0/s1. The summed E-state index contributed by atoms with van der Waals surface area (Å²) in [7, 11) is 0. The topological polar surface area (TPSA) is 211 Å². The lowest BCUT2D eigenvalue weighted by molar-refractivity contribution is -0.150. The Morgan fingerprint density at radius 2 is 2.05 bits per heavy atom. The smallest absolute Gasteiger partial charge is 0.367 e. The molecule has 18 heteroatoms. The monoisotopic (exact) mass is 645 g/mol. The number of aryl methyl sites for hydroxylation is 1. The van der Waals surface area contributed by atoms with Gasteiger partial charge in [0.1, 0.15) is 28.7 Å². The van der Waals surface area contributed by atoms with Crippen molar-refractivity contribution in [2.75, 3.05) is 18.1 Å². The number of thioether (sulfide) groups is 2. The molecule has 1 fully saturated rings. The van der Waals surface area contributed by atoms with Crippen LogP contribution in [0.3, 0.4) is 0 Å². The molecule has 3 aromatic rings. The van der Waals surface area contributed by atoms with Gasteiger partial charge in [0.2, 0.25) is 5.71 Å². The minimum atomic E-state index is -1.29. The molecule has 44 heavy (non-hydrogen) atoms. The average Bonchev–Trinajstić information content (AvgIpc) is 3.65. The van der Waals surface area contributed by atoms with Gasteiger partial charge in [0.05, 0.1) is 19.2 Å². The van der Waals surface area contributed by atoms with Gasteiger partial charge in [-0.2, -0.15) is 9.61 Å². The number of carbonyl (C=O) groups is 4. The van der Waals surface area contributed by atoms with Crippen molar-refractivity contribution >= 4 is 58.6 Å². The van der Waals surface area contributed by atoms with Crippen LogP contribution in [0, 0.1) is 0 Å². The van der Waals surface area contributed by atoms with Crippen molar-refractivity contribution in [3.63, 3.8) is 0 Å². The molecule has 5 rings (SSSR count). The lowest BCUT2D eigenvalue weighted by atomic mass is 10.0. The second kappa shape index (κ2) is 13.4. The van der Waals surface area contributed by atoms with Gasteiger partial charge in [-0.25, -0.2) is 14.3 Å². The van der Waals surface area contributed by atoms with E-state index in [1.807, 2.05) is 6.92 Å². The number of unbranched alkanes of at least 4 members (excludes halogenated alkanes) is 1. The molecule has 1 unspecified atom stereocenters. The van der Waals surface area contributed by atoms with E-state index in [0.717, 1.165) is 26.9 Å². The molecule has 2 atom stereocenters. The first-order valence-electron chi connectivity index (χ1n) is 13.5. The molecular weight excluding hydrogens is 618 g/mol. The molecule has 5 heterocycles. The number of fused-ring (bicyclic) bond motifs is 2. The Morgan fingerprint density at radius 3 is 2.75 bits per heavy atom. The van der Waals surface area contributed by atoms with Crippen LogP contribution in [0.15, 0.2) is 61.2 Å². The number of β-lactam (4-membered cyclic amide) rings is 1. The second-order valence-corrected chi connectivity index (χ2v) is 11.7. The van der Waals surface area contributed by atoms with Gasteiger partial charge in [-0.3, -0.25) is 19.3 Å². The van der Waals surface area contributed by atoms with Crippen LogP contribution in [0.4, 0.5) is 0 Å². The van der Waals surface area contributed by atoms with E-state index in [-0.39, 0.29) is 47.3 Å². The molecule has 3 aromatic heterocycles. The fourth-order valence-electron chi connectivity index (χ4n) is 4.41. The quantitative estimate of drug-likeness (QED) is 0.0736. The van der Waals surface area contributed by atoms with Crippen LogP contribution < -0.4 is 11.0 Å². The predicted octanol–water partition coefficient (Wildman–Crippen LogP) is 1.01. The average molecular weight is 646 g/mol. The molecule has 232 valence electrons. The van der Waals surface area contributed by atoms with Crippen LogP contribution in [0.1, 0.15) is 31.9 Å². The third kappa shape index (κ3) is 6.35. The van der Waals surface area contributed by atoms with Crippen molar-refractivity contribution in [1.82, 2.24) is 29.6 Å². The summed E-state index contributed by atoms with van der Waals surface area (Å²) in [6, 6.07) is 5.30. The van der Waals surface area contributed by atoms with Crippen molar-refractivity contribution in [2.24, 2.45) is 5.16 Å². The SMILES string of the molecule is CCCCON=C(C(=O)NC1C(=O)N2C(C(=O)O)=C(CSc3ccc4nn(CCC(=O)O)c(=O)n4n3)CS[C@@H]12)c1ccco1. The third-order valence-electron chi connectivity index (χ3n) is 6.60. The van der Waals surface area contributed by atoms with Crippen LogP contribution in [-0.4, -0.2) is 93.5 Å². The van der Waals surface area contributed by atoms with Gasteiger partial charge >= 0.3 is 17.6 Å². The van der Waals surface area contributed by atoms with Crippen molar-refractivity contribution < 1.29 is 38.6 Å². The Hall–Kier alpha value is -4.58. The number of nitrogens with one attached hydrogen (secondary N) is 1. The maximum Gasteiger partial charge on any atom is 0.367 e. The highest BCUT2D eigenvalue weighted by molar-refractivity contribution is 8.01.